The van der Waals surface area contributed by atoms with Crippen LogP contribution in [0, 0.1) is 5.92 Å². The highest BCUT2D eigenvalue weighted by Gasteiger charge is 2.36. The van der Waals surface area contributed by atoms with E-state index in [-0.39, 0.29) is 27.5 Å². The minimum atomic E-state index is -3.73. The number of amides is 1. The molecule has 1 fully saturated rings. The van der Waals surface area contributed by atoms with Crippen molar-refractivity contribution in [2.24, 2.45) is 11.7 Å². The molecule has 1 aromatic rings. The maximum Gasteiger partial charge on any atom is 0.243 e. The number of sulfonamides is 1. The molecule has 1 saturated heterocycles. The standard InChI is InChI=1S/C13H16Cl2N2O3S/c1-8-2-3-9(13(16)18)7-17(8)21(19,20)10-4-5-11(14)12(15)6-10/h4-6,8-9H,2-3,7H2,1H3,(H2,16,18). The third-order valence-corrected chi connectivity index (χ3v) is 6.44. The van der Waals surface area contributed by atoms with Crippen LogP contribution < -0.4 is 5.73 Å². The molecule has 21 heavy (non-hydrogen) atoms. The minimum Gasteiger partial charge on any atom is -0.369 e. The Balaban J connectivity index is 2.36. The van der Waals surface area contributed by atoms with Gasteiger partial charge in [-0.05, 0) is 38.0 Å². The molecule has 8 heteroatoms. The van der Waals surface area contributed by atoms with Gasteiger partial charge in [0.25, 0.3) is 0 Å². The molecule has 1 aliphatic heterocycles. The van der Waals surface area contributed by atoms with E-state index in [1.54, 1.807) is 0 Å². The molecule has 0 bridgehead atoms. The summed E-state index contributed by atoms with van der Waals surface area (Å²) in [6.45, 7) is 1.91. The second-order valence-electron chi connectivity index (χ2n) is 5.18. The van der Waals surface area contributed by atoms with Crippen molar-refractivity contribution in [3.63, 3.8) is 0 Å². The van der Waals surface area contributed by atoms with Crippen molar-refractivity contribution in [1.29, 1.82) is 0 Å². The van der Waals surface area contributed by atoms with Gasteiger partial charge in [-0.25, -0.2) is 8.42 Å². The van der Waals surface area contributed by atoms with Crippen molar-refractivity contribution in [3.05, 3.63) is 28.2 Å². The second kappa shape index (κ2) is 6.12. The van der Waals surface area contributed by atoms with Crippen LogP contribution in [0.25, 0.3) is 0 Å². The first kappa shape index (κ1) is 16.5. The molecule has 2 rings (SSSR count). The second-order valence-corrected chi connectivity index (χ2v) is 7.88. The van der Waals surface area contributed by atoms with Crippen molar-refractivity contribution >= 4 is 39.1 Å². The van der Waals surface area contributed by atoms with Gasteiger partial charge in [-0.15, -0.1) is 0 Å². The third kappa shape index (κ3) is 3.34. The predicted molar refractivity (Wildman–Crippen MR) is 81.7 cm³/mol. The van der Waals surface area contributed by atoms with Gasteiger partial charge in [-0.2, -0.15) is 4.31 Å². The van der Waals surface area contributed by atoms with Crippen LogP contribution in [-0.2, 0) is 14.8 Å². The van der Waals surface area contributed by atoms with Crippen molar-refractivity contribution in [3.8, 4) is 0 Å². The Morgan fingerprint density at radius 2 is 1.95 bits per heavy atom. The van der Waals surface area contributed by atoms with Crippen LogP contribution in [0.1, 0.15) is 19.8 Å². The number of nitrogens with two attached hydrogens (primary N) is 1. The highest BCUT2D eigenvalue weighted by molar-refractivity contribution is 7.89. The molecule has 2 atom stereocenters. The van der Waals surface area contributed by atoms with E-state index in [0.717, 1.165) is 0 Å². The third-order valence-electron chi connectivity index (χ3n) is 3.72. The van der Waals surface area contributed by atoms with Crippen LogP contribution in [0.4, 0.5) is 0 Å². The molecule has 0 spiro atoms. The van der Waals surface area contributed by atoms with Crippen LogP contribution in [0.3, 0.4) is 0 Å². The Morgan fingerprint density at radius 1 is 1.29 bits per heavy atom. The number of hydrogen-bond donors (Lipinski definition) is 1. The summed E-state index contributed by atoms with van der Waals surface area (Å²) >= 11 is 11.7. The Hall–Kier alpha value is -0.820. The summed E-state index contributed by atoms with van der Waals surface area (Å²) in [5, 5.41) is 0.464. The molecule has 2 unspecified atom stereocenters. The predicted octanol–water partition coefficient (Wildman–Crippen LogP) is 2.27. The van der Waals surface area contributed by atoms with E-state index in [4.69, 9.17) is 28.9 Å². The number of hydrogen-bond acceptors (Lipinski definition) is 3. The number of nitrogens with zero attached hydrogens (tertiary/aromatic N) is 1. The molecular formula is C13H16Cl2N2O3S. The molecule has 2 N–H and O–H groups in total. The normalized spacial score (nSPS) is 24.0. The minimum absolute atomic E-state index is 0.0638. The molecule has 1 amide bonds. The van der Waals surface area contributed by atoms with Gasteiger partial charge in [0, 0.05) is 12.6 Å². The first-order valence-electron chi connectivity index (χ1n) is 6.49. The lowest BCUT2D eigenvalue weighted by atomic mass is 9.95. The number of benzene rings is 1. The molecule has 0 saturated carbocycles. The summed E-state index contributed by atoms with van der Waals surface area (Å²) in [6, 6.07) is 3.97. The van der Waals surface area contributed by atoms with Crippen LogP contribution in [0.5, 0.6) is 0 Å². The summed E-state index contributed by atoms with van der Waals surface area (Å²) in [6.07, 6.45) is 1.19. The molecule has 1 aliphatic rings. The van der Waals surface area contributed by atoms with E-state index in [1.165, 1.54) is 22.5 Å². The van der Waals surface area contributed by atoms with Crippen molar-refractivity contribution in [2.45, 2.75) is 30.7 Å². The Labute approximate surface area is 134 Å². The van der Waals surface area contributed by atoms with Gasteiger partial charge in [-0.1, -0.05) is 23.2 Å². The first-order valence-corrected chi connectivity index (χ1v) is 8.69. The van der Waals surface area contributed by atoms with E-state index in [9.17, 15) is 13.2 Å². The molecular weight excluding hydrogens is 335 g/mol. The van der Waals surface area contributed by atoms with Gasteiger partial charge in [-0.3, -0.25) is 4.79 Å². The van der Waals surface area contributed by atoms with Gasteiger partial charge in [0.1, 0.15) is 0 Å². The van der Waals surface area contributed by atoms with Gasteiger partial charge >= 0.3 is 0 Å². The quantitative estimate of drug-likeness (QED) is 0.907. The Morgan fingerprint density at radius 3 is 2.52 bits per heavy atom. The zero-order valence-corrected chi connectivity index (χ0v) is 13.7. The van der Waals surface area contributed by atoms with Gasteiger partial charge in [0.05, 0.1) is 20.9 Å². The highest BCUT2D eigenvalue weighted by atomic mass is 35.5. The number of halogens is 2. The Kier molecular flexibility index (Phi) is 4.82. The molecule has 1 aromatic carbocycles. The van der Waals surface area contributed by atoms with Crippen molar-refractivity contribution < 1.29 is 13.2 Å². The molecule has 0 aromatic heterocycles. The lowest BCUT2D eigenvalue weighted by molar-refractivity contribution is -0.123. The molecule has 1 heterocycles. The maximum absolute atomic E-state index is 12.7. The largest absolute Gasteiger partial charge is 0.369 e. The molecule has 116 valence electrons. The van der Waals surface area contributed by atoms with Crippen LogP contribution in [0.2, 0.25) is 10.0 Å². The van der Waals surface area contributed by atoms with Crippen molar-refractivity contribution in [2.75, 3.05) is 6.54 Å². The first-order chi connectivity index (χ1) is 9.73. The number of carbonyl (C=O) groups excluding carboxylic acids is 1. The van der Waals surface area contributed by atoms with E-state index in [0.29, 0.717) is 12.8 Å². The number of rotatable bonds is 3. The lowest BCUT2D eigenvalue weighted by Gasteiger charge is -2.35. The van der Waals surface area contributed by atoms with E-state index in [1.807, 2.05) is 6.92 Å². The van der Waals surface area contributed by atoms with Gasteiger partial charge in [0.15, 0.2) is 0 Å². The summed E-state index contributed by atoms with van der Waals surface area (Å²) in [5.41, 5.74) is 5.30. The van der Waals surface area contributed by atoms with Crippen LogP contribution >= 0.6 is 23.2 Å². The monoisotopic (exact) mass is 350 g/mol. The van der Waals surface area contributed by atoms with Gasteiger partial charge in [0.2, 0.25) is 15.9 Å². The summed E-state index contributed by atoms with van der Waals surface area (Å²) < 4.78 is 26.7. The summed E-state index contributed by atoms with van der Waals surface area (Å²) in [4.78, 5) is 11.4. The SMILES string of the molecule is CC1CCC(C(N)=O)CN1S(=O)(=O)c1ccc(Cl)c(Cl)c1. The van der Waals surface area contributed by atoms with E-state index >= 15 is 0 Å². The molecule has 0 aliphatic carbocycles. The van der Waals surface area contributed by atoms with Gasteiger partial charge < -0.3 is 5.73 Å². The van der Waals surface area contributed by atoms with E-state index in [2.05, 4.69) is 0 Å². The van der Waals surface area contributed by atoms with Crippen molar-refractivity contribution in [1.82, 2.24) is 4.31 Å². The summed E-state index contributed by atoms with van der Waals surface area (Å²) in [7, 11) is -3.73. The lowest BCUT2D eigenvalue weighted by Crippen LogP contribution is -2.48. The average Bonchev–Trinajstić information content (AvgIpc) is 2.41. The fourth-order valence-electron chi connectivity index (χ4n) is 2.41. The number of piperidine rings is 1. The smallest absolute Gasteiger partial charge is 0.243 e. The average molecular weight is 351 g/mol. The fourth-order valence-corrected chi connectivity index (χ4v) is 4.51. The van der Waals surface area contributed by atoms with Crippen LogP contribution in [0.15, 0.2) is 23.1 Å². The zero-order chi connectivity index (χ0) is 15.8. The molecule has 5 nitrogen and oxygen atoms in total. The summed E-state index contributed by atoms with van der Waals surface area (Å²) in [5.74, 6) is -0.935. The maximum atomic E-state index is 12.7. The number of primary amides is 1. The topological polar surface area (TPSA) is 80.5 Å². The Bertz CT molecular complexity index is 663. The molecule has 0 radical (unpaired) electrons. The highest BCUT2D eigenvalue weighted by Crippen LogP contribution is 2.31. The van der Waals surface area contributed by atoms with E-state index < -0.39 is 21.8 Å². The number of carbonyl (C=O) groups is 1. The van der Waals surface area contributed by atoms with Crippen LogP contribution in [-0.4, -0.2) is 31.2 Å². The zero-order valence-electron chi connectivity index (χ0n) is 11.4. The fraction of sp³-hybridized carbons (Fsp3) is 0.462.